The summed E-state index contributed by atoms with van der Waals surface area (Å²) in [4.78, 5) is 6.68. The van der Waals surface area contributed by atoms with E-state index in [2.05, 4.69) is 28.9 Å². The van der Waals surface area contributed by atoms with E-state index in [4.69, 9.17) is 10.5 Å². The largest absolute Gasteiger partial charge is 0.494 e. The Hall–Kier alpha value is -1.71. The molecule has 19 heavy (non-hydrogen) atoms. The Morgan fingerprint density at radius 1 is 1.32 bits per heavy atom. The van der Waals surface area contributed by atoms with E-state index in [0.29, 0.717) is 18.0 Å². The third-order valence-corrected chi connectivity index (χ3v) is 3.70. The van der Waals surface area contributed by atoms with Crippen molar-refractivity contribution in [2.75, 3.05) is 13.2 Å². The molecule has 2 N–H and O–H groups in total. The highest BCUT2D eigenvalue weighted by atomic mass is 16.5. The average molecular weight is 259 g/mol. The summed E-state index contributed by atoms with van der Waals surface area (Å²) >= 11 is 0. The van der Waals surface area contributed by atoms with Crippen molar-refractivity contribution in [2.24, 2.45) is 10.7 Å². The van der Waals surface area contributed by atoms with Crippen LogP contribution in [0.3, 0.4) is 0 Å². The fourth-order valence-corrected chi connectivity index (χ4v) is 2.58. The third-order valence-electron chi connectivity index (χ3n) is 3.70. The van der Waals surface area contributed by atoms with Crippen LogP contribution in [0, 0.1) is 0 Å². The molecular weight excluding hydrogens is 238 g/mol. The lowest BCUT2D eigenvalue weighted by Gasteiger charge is -2.26. The summed E-state index contributed by atoms with van der Waals surface area (Å²) in [5.41, 5.74) is 7.27. The molecule has 0 saturated heterocycles. The summed E-state index contributed by atoms with van der Waals surface area (Å²) in [6.07, 6.45) is 3.51. The lowest BCUT2D eigenvalue weighted by Crippen LogP contribution is -2.37. The van der Waals surface area contributed by atoms with Crippen LogP contribution in [0.15, 0.2) is 29.3 Å². The summed E-state index contributed by atoms with van der Waals surface area (Å²) < 4.78 is 5.61. The minimum Gasteiger partial charge on any atom is -0.494 e. The van der Waals surface area contributed by atoms with Gasteiger partial charge in [0.2, 0.25) is 0 Å². The Balaban J connectivity index is 1.71. The van der Waals surface area contributed by atoms with Crippen LogP contribution in [0.1, 0.15) is 37.8 Å². The number of hydrogen-bond acceptors (Lipinski definition) is 4. The minimum absolute atomic E-state index is 0.313. The van der Waals surface area contributed by atoms with Gasteiger partial charge in [-0.2, -0.15) is 0 Å². The van der Waals surface area contributed by atoms with Crippen LogP contribution in [0.25, 0.3) is 0 Å². The van der Waals surface area contributed by atoms with E-state index in [-0.39, 0.29) is 0 Å². The van der Waals surface area contributed by atoms with E-state index in [1.807, 2.05) is 12.1 Å². The molecule has 2 aliphatic rings. The molecule has 102 valence electrons. The second-order valence-electron chi connectivity index (χ2n) is 5.27. The first-order valence-electron chi connectivity index (χ1n) is 7.10. The summed E-state index contributed by atoms with van der Waals surface area (Å²) in [6, 6.07) is 9.29. The topological polar surface area (TPSA) is 50.9 Å². The molecule has 1 aliphatic carbocycles. The van der Waals surface area contributed by atoms with Gasteiger partial charge in [-0.3, -0.25) is 4.99 Å². The Bertz CT molecular complexity index is 465. The van der Waals surface area contributed by atoms with Gasteiger partial charge in [-0.25, -0.2) is 0 Å². The van der Waals surface area contributed by atoms with Crippen molar-refractivity contribution in [3.8, 4) is 5.75 Å². The fraction of sp³-hybridized carbons (Fsp3) is 0.533. The van der Waals surface area contributed by atoms with Crippen molar-refractivity contribution in [1.29, 1.82) is 0 Å². The number of benzene rings is 1. The highest BCUT2D eigenvalue weighted by molar-refractivity contribution is 5.81. The van der Waals surface area contributed by atoms with Crippen molar-refractivity contribution >= 4 is 5.96 Å². The van der Waals surface area contributed by atoms with Gasteiger partial charge >= 0.3 is 0 Å². The van der Waals surface area contributed by atoms with Gasteiger partial charge in [-0.1, -0.05) is 19.1 Å². The van der Waals surface area contributed by atoms with Crippen molar-refractivity contribution < 1.29 is 4.74 Å². The highest BCUT2D eigenvalue weighted by Gasteiger charge is 2.38. The zero-order valence-electron chi connectivity index (χ0n) is 11.4. The number of rotatable bonds is 5. The predicted octanol–water partition coefficient (Wildman–Crippen LogP) is 2.31. The molecule has 4 nitrogen and oxygen atoms in total. The van der Waals surface area contributed by atoms with Gasteiger partial charge < -0.3 is 15.4 Å². The summed E-state index contributed by atoms with van der Waals surface area (Å²) in [6.45, 7) is 3.66. The molecule has 1 unspecified atom stereocenters. The zero-order chi connectivity index (χ0) is 13.2. The maximum Gasteiger partial charge on any atom is 0.192 e. The molecule has 0 spiro atoms. The first kappa shape index (κ1) is 12.3. The predicted molar refractivity (Wildman–Crippen MR) is 76.3 cm³/mol. The van der Waals surface area contributed by atoms with Gasteiger partial charge in [0.25, 0.3) is 0 Å². The number of hydrogen-bond donors (Lipinski definition) is 1. The van der Waals surface area contributed by atoms with Gasteiger partial charge in [0, 0.05) is 6.04 Å². The Kier molecular flexibility index (Phi) is 3.32. The van der Waals surface area contributed by atoms with Crippen LogP contribution < -0.4 is 10.5 Å². The molecule has 0 aromatic heterocycles. The van der Waals surface area contributed by atoms with Crippen LogP contribution >= 0.6 is 0 Å². The molecule has 0 radical (unpaired) electrons. The van der Waals surface area contributed by atoms with Crippen molar-refractivity contribution in [2.45, 2.75) is 38.3 Å². The molecule has 0 bridgehead atoms. The van der Waals surface area contributed by atoms with Gasteiger partial charge in [0.05, 0.1) is 19.2 Å². The summed E-state index contributed by atoms with van der Waals surface area (Å²) in [7, 11) is 0. The lowest BCUT2D eigenvalue weighted by molar-refractivity contribution is 0.316. The van der Waals surface area contributed by atoms with Crippen LogP contribution in [-0.2, 0) is 0 Å². The Morgan fingerprint density at radius 2 is 2.05 bits per heavy atom. The maximum absolute atomic E-state index is 5.99. The van der Waals surface area contributed by atoms with Crippen molar-refractivity contribution in [1.82, 2.24) is 4.90 Å². The maximum atomic E-state index is 5.99. The Labute approximate surface area is 114 Å². The van der Waals surface area contributed by atoms with E-state index in [9.17, 15) is 0 Å². The molecule has 1 aromatic rings. The molecule has 1 atom stereocenters. The molecule has 1 aromatic carbocycles. The second kappa shape index (κ2) is 5.11. The Morgan fingerprint density at radius 3 is 2.68 bits per heavy atom. The molecule has 1 heterocycles. The number of nitrogens with two attached hydrogens (primary N) is 1. The smallest absolute Gasteiger partial charge is 0.192 e. The molecule has 0 amide bonds. The summed E-state index contributed by atoms with van der Waals surface area (Å²) in [5.74, 6) is 1.65. The normalized spacial score (nSPS) is 22.5. The van der Waals surface area contributed by atoms with E-state index in [0.717, 1.165) is 25.3 Å². The van der Waals surface area contributed by atoms with E-state index < -0.39 is 0 Å². The van der Waals surface area contributed by atoms with Crippen LogP contribution in [0.4, 0.5) is 0 Å². The lowest BCUT2D eigenvalue weighted by atomic mass is 10.1. The van der Waals surface area contributed by atoms with E-state index in [1.54, 1.807) is 0 Å². The van der Waals surface area contributed by atoms with Gasteiger partial charge in [-0.05, 0) is 37.0 Å². The third kappa shape index (κ3) is 2.53. The quantitative estimate of drug-likeness (QED) is 0.882. The highest BCUT2D eigenvalue weighted by Crippen LogP contribution is 2.37. The fourth-order valence-electron chi connectivity index (χ4n) is 2.58. The second-order valence-corrected chi connectivity index (χ2v) is 5.27. The van der Waals surface area contributed by atoms with Crippen LogP contribution in [-0.4, -0.2) is 30.1 Å². The standard InChI is InChI=1S/C15H21N3O/c1-2-9-19-13-7-3-11(4-8-13)14-10-17-15(16)18(14)12-5-6-12/h3-4,7-8,12,14H,2,5-6,9-10H2,1H3,(H2,16,17). The average Bonchev–Trinajstić information content (AvgIpc) is 3.20. The minimum atomic E-state index is 0.313. The number of ether oxygens (including phenoxy) is 1. The molecule has 1 aliphatic heterocycles. The van der Waals surface area contributed by atoms with Crippen molar-refractivity contribution in [3.63, 3.8) is 0 Å². The van der Waals surface area contributed by atoms with Gasteiger partial charge in [-0.15, -0.1) is 0 Å². The van der Waals surface area contributed by atoms with E-state index >= 15 is 0 Å². The van der Waals surface area contributed by atoms with Gasteiger partial charge in [0.15, 0.2) is 5.96 Å². The van der Waals surface area contributed by atoms with Crippen molar-refractivity contribution in [3.05, 3.63) is 29.8 Å². The molecule has 4 heteroatoms. The molecule has 1 saturated carbocycles. The first-order chi connectivity index (χ1) is 9.29. The van der Waals surface area contributed by atoms with E-state index in [1.165, 1.54) is 18.4 Å². The van der Waals surface area contributed by atoms with Crippen LogP contribution in [0.5, 0.6) is 5.75 Å². The van der Waals surface area contributed by atoms with Crippen LogP contribution in [0.2, 0.25) is 0 Å². The summed E-state index contributed by atoms with van der Waals surface area (Å²) in [5, 5.41) is 0. The number of guanidine groups is 1. The molecule has 1 fully saturated rings. The number of nitrogens with zero attached hydrogens (tertiary/aromatic N) is 2. The molecule has 3 rings (SSSR count). The monoisotopic (exact) mass is 259 g/mol. The number of aliphatic imine (C=N–C) groups is 1. The SMILES string of the molecule is CCCOc1ccc(C2CN=C(N)N2C2CC2)cc1. The zero-order valence-corrected chi connectivity index (χ0v) is 11.4. The molecular formula is C15H21N3O. The van der Waals surface area contributed by atoms with Gasteiger partial charge in [0.1, 0.15) is 5.75 Å². The first-order valence-corrected chi connectivity index (χ1v) is 7.10.